The Hall–Kier alpha value is -1.28. The van der Waals surface area contributed by atoms with Gasteiger partial charge >= 0.3 is 11.7 Å². The zero-order valence-electron chi connectivity index (χ0n) is 13.3. The summed E-state index contributed by atoms with van der Waals surface area (Å²) in [4.78, 5) is 37.8. The summed E-state index contributed by atoms with van der Waals surface area (Å²) in [7, 11) is 0. The molecule has 1 aliphatic heterocycles. The number of aromatic amines is 1. The van der Waals surface area contributed by atoms with E-state index in [9.17, 15) is 24.6 Å². The third kappa shape index (κ3) is 4.28. The van der Waals surface area contributed by atoms with Crippen LogP contribution in [0.1, 0.15) is 31.2 Å². The number of esters is 1. The molecule has 140 valence electrons. The summed E-state index contributed by atoms with van der Waals surface area (Å²) in [5.41, 5.74) is -1.84. The molecule has 0 saturated carbocycles. The van der Waals surface area contributed by atoms with Gasteiger partial charge in [0, 0.05) is 12.6 Å². The van der Waals surface area contributed by atoms with Crippen LogP contribution in [0.5, 0.6) is 0 Å². The molecule has 1 aromatic rings. The predicted octanol–water partition coefficient (Wildman–Crippen LogP) is -1.42. The summed E-state index contributed by atoms with van der Waals surface area (Å²) < 4.78 is 10.1. The number of halogens is 1. The van der Waals surface area contributed by atoms with E-state index in [1.807, 2.05) is 0 Å². The number of rotatable bonds is 6. The maximum atomic E-state index is 12.0. The molecular formula is C14H19IN2O8. The normalized spacial score (nSPS) is 25.6. The fourth-order valence-electron chi connectivity index (χ4n) is 2.48. The quantitative estimate of drug-likeness (QED) is 0.225. The van der Waals surface area contributed by atoms with E-state index in [-0.39, 0.29) is 18.6 Å². The second-order valence-corrected chi connectivity index (χ2v) is 6.81. The molecule has 2 heterocycles. The summed E-state index contributed by atoms with van der Waals surface area (Å²) in [5.74, 6) is -0.694. The lowest BCUT2D eigenvalue weighted by atomic mass is 10.1. The highest BCUT2D eigenvalue weighted by Gasteiger charge is 2.36. The van der Waals surface area contributed by atoms with Gasteiger partial charge in [0.25, 0.3) is 5.56 Å². The molecule has 2 unspecified atom stereocenters. The lowest BCUT2D eigenvalue weighted by Crippen LogP contribution is -2.37. The van der Waals surface area contributed by atoms with E-state index in [0.29, 0.717) is 0 Å². The van der Waals surface area contributed by atoms with Crippen LogP contribution in [0.4, 0.5) is 0 Å². The van der Waals surface area contributed by atoms with Crippen molar-refractivity contribution in [1.82, 2.24) is 9.55 Å². The Morgan fingerprint density at radius 1 is 1.56 bits per heavy atom. The summed E-state index contributed by atoms with van der Waals surface area (Å²) >= 11 is 1.65. The second-order valence-electron chi connectivity index (χ2n) is 5.46. The van der Waals surface area contributed by atoms with E-state index in [2.05, 4.69) is 4.98 Å². The molecule has 1 aliphatic rings. The van der Waals surface area contributed by atoms with E-state index >= 15 is 0 Å². The molecule has 1 aromatic heterocycles. The van der Waals surface area contributed by atoms with Crippen LogP contribution in [0.2, 0.25) is 0 Å². The van der Waals surface area contributed by atoms with E-state index < -0.39 is 52.3 Å². The van der Waals surface area contributed by atoms with Gasteiger partial charge < -0.3 is 24.8 Å². The van der Waals surface area contributed by atoms with Crippen molar-refractivity contribution < 1.29 is 29.6 Å². The molecular weight excluding hydrogens is 451 g/mol. The molecule has 2 rings (SSSR count). The Kier molecular flexibility index (Phi) is 6.73. The molecule has 0 bridgehead atoms. The maximum absolute atomic E-state index is 12.0. The van der Waals surface area contributed by atoms with Gasteiger partial charge in [-0.1, -0.05) is 22.6 Å². The first-order chi connectivity index (χ1) is 11.8. The molecule has 0 amide bonds. The molecule has 25 heavy (non-hydrogen) atoms. The number of nitrogens with zero attached hydrogens (tertiary/aromatic N) is 1. The van der Waals surface area contributed by atoms with Crippen LogP contribution in [-0.4, -0.2) is 60.2 Å². The number of hydrogen-bond acceptors (Lipinski definition) is 8. The van der Waals surface area contributed by atoms with Crippen molar-refractivity contribution >= 4 is 28.6 Å². The standard InChI is InChI=1S/C14H19IN2O8/c1-2-24-13(22)10(15)11(20)6-4-17(14(23)16-12(6)21)9-3-7(19)8(5-18)25-9/h4,7-11,18-20H,2-3,5H2,1H3,(H,16,21,23)/t7-,8+,9+,10?,11?/m0/s1. The van der Waals surface area contributed by atoms with Crippen LogP contribution >= 0.6 is 22.6 Å². The lowest BCUT2D eigenvalue weighted by molar-refractivity contribution is -0.144. The van der Waals surface area contributed by atoms with Gasteiger partial charge in [-0.15, -0.1) is 0 Å². The Balaban J connectivity index is 2.34. The minimum Gasteiger partial charge on any atom is -0.465 e. The van der Waals surface area contributed by atoms with Crippen molar-refractivity contribution in [3.8, 4) is 0 Å². The minimum absolute atomic E-state index is 0.0260. The Morgan fingerprint density at radius 2 is 2.24 bits per heavy atom. The highest BCUT2D eigenvalue weighted by Crippen LogP contribution is 2.28. The van der Waals surface area contributed by atoms with Crippen LogP contribution in [-0.2, 0) is 14.3 Å². The fraction of sp³-hybridized carbons (Fsp3) is 0.643. The van der Waals surface area contributed by atoms with Gasteiger partial charge in [-0.2, -0.15) is 0 Å². The van der Waals surface area contributed by atoms with Gasteiger partial charge in [-0.05, 0) is 6.92 Å². The van der Waals surface area contributed by atoms with Crippen molar-refractivity contribution in [2.75, 3.05) is 13.2 Å². The summed E-state index contributed by atoms with van der Waals surface area (Å²) in [6, 6.07) is 0. The van der Waals surface area contributed by atoms with Gasteiger partial charge in [0.1, 0.15) is 22.4 Å². The molecule has 1 fully saturated rings. The van der Waals surface area contributed by atoms with Crippen molar-refractivity contribution in [2.24, 2.45) is 0 Å². The van der Waals surface area contributed by atoms with Crippen molar-refractivity contribution in [3.63, 3.8) is 0 Å². The highest BCUT2D eigenvalue weighted by atomic mass is 127. The third-order valence-corrected chi connectivity index (χ3v) is 4.99. The smallest absolute Gasteiger partial charge is 0.330 e. The van der Waals surface area contributed by atoms with Crippen LogP contribution in [0, 0.1) is 0 Å². The number of aromatic nitrogens is 2. The molecule has 0 aromatic carbocycles. The van der Waals surface area contributed by atoms with E-state index in [1.54, 1.807) is 29.5 Å². The highest BCUT2D eigenvalue weighted by molar-refractivity contribution is 14.1. The van der Waals surface area contributed by atoms with E-state index in [0.717, 1.165) is 10.8 Å². The van der Waals surface area contributed by atoms with Gasteiger partial charge in [0.2, 0.25) is 0 Å². The number of alkyl halides is 1. The Bertz CT molecular complexity index is 732. The Labute approximate surface area is 155 Å². The molecule has 1 saturated heterocycles. The first kappa shape index (κ1) is 20.0. The summed E-state index contributed by atoms with van der Waals surface area (Å²) in [6.45, 7) is 1.31. The molecule has 0 radical (unpaired) electrons. The number of carbonyl (C=O) groups is 1. The number of aliphatic hydroxyl groups excluding tert-OH is 3. The number of ether oxygens (including phenoxy) is 2. The lowest BCUT2D eigenvalue weighted by Gasteiger charge is -2.19. The zero-order chi connectivity index (χ0) is 18.7. The fourth-order valence-corrected chi connectivity index (χ4v) is 3.05. The maximum Gasteiger partial charge on any atom is 0.330 e. The summed E-state index contributed by atoms with van der Waals surface area (Å²) in [6.07, 6.45) is -3.13. The first-order valence-corrected chi connectivity index (χ1v) is 8.83. The second kappa shape index (κ2) is 8.40. The van der Waals surface area contributed by atoms with Crippen LogP contribution < -0.4 is 11.2 Å². The van der Waals surface area contributed by atoms with Crippen LogP contribution in [0.25, 0.3) is 0 Å². The molecule has 10 nitrogen and oxygen atoms in total. The predicted molar refractivity (Wildman–Crippen MR) is 92.3 cm³/mol. The zero-order valence-corrected chi connectivity index (χ0v) is 15.5. The van der Waals surface area contributed by atoms with E-state index in [4.69, 9.17) is 14.6 Å². The SMILES string of the molecule is CCOC(=O)C(I)C(O)c1cn([C@H]2C[C@H](O)[C@@H](CO)O2)c(=O)[nH]c1=O. The average molecular weight is 470 g/mol. The van der Waals surface area contributed by atoms with E-state index in [1.165, 1.54) is 0 Å². The summed E-state index contributed by atoms with van der Waals surface area (Å²) in [5, 5.41) is 29.2. The number of aliphatic hydroxyl groups is 3. The van der Waals surface area contributed by atoms with Crippen LogP contribution in [0.15, 0.2) is 15.8 Å². The molecule has 11 heteroatoms. The first-order valence-electron chi connectivity index (χ1n) is 7.58. The van der Waals surface area contributed by atoms with Gasteiger partial charge in [0.15, 0.2) is 0 Å². The van der Waals surface area contributed by atoms with Crippen molar-refractivity contribution in [1.29, 1.82) is 0 Å². The monoisotopic (exact) mass is 470 g/mol. The van der Waals surface area contributed by atoms with Crippen LogP contribution in [0.3, 0.4) is 0 Å². The van der Waals surface area contributed by atoms with Gasteiger partial charge in [0.05, 0.1) is 24.9 Å². The molecule has 4 N–H and O–H groups in total. The number of carbonyl (C=O) groups excluding carboxylic acids is 1. The number of nitrogens with one attached hydrogen (secondary N) is 1. The topological polar surface area (TPSA) is 151 Å². The average Bonchev–Trinajstić information content (AvgIpc) is 2.94. The molecule has 0 aliphatic carbocycles. The molecule has 5 atom stereocenters. The van der Waals surface area contributed by atoms with Gasteiger partial charge in [-0.3, -0.25) is 19.1 Å². The van der Waals surface area contributed by atoms with Gasteiger partial charge in [-0.25, -0.2) is 4.79 Å². The molecule has 0 spiro atoms. The Morgan fingerprint density at radius 3 is 2.80 bits per heavy atom. The number of hydrogen-bond donors (Lipinski definition) is 4. The minimum atomic E-state index is -1.50. The largest absolute Gasteiger partial charge is 0.465 e. The van der Waals surface area contributed by atoms with Crippen molar-refractivity contribution in [3.05, 3.63) is 32.6 Å². The number of H-pyrrole nitrogens is 1. The van der Waals surface area contributed by atoms with Crippen molar-refractivity contribution in [2.45, 2.75) is 41.8 Å². The third-order valence-electron chi connectivity index (χ3n) is 3.80.